The maximum atomic E-state index is 12.4. The van der Waals surface area contributed by atoms with Gasteiger partial charge in [-0.3, -0.25) is 14.9 Å². The Hall–Kier alpha value is -2.86. The number of ether oxygens (including phenoxy) is 2. The highest BCUT2D eigenvalue weighted by molar-refractivity contribution is 7.20. The largest absolute Gasteiger partial charge is 0.497 e. The van der Waals surface area contributed by atoms with Gasteiger partial charge in [0.25, 0.3) is 11.8 Å². The van der Waals surface area contributed by atoms with E-state index in [1.54, 1.807) is 37.4 Å². The molecule has 2 aromatic carbocycles. The summed E-state index contributed by atoms with van der Waals surface area (Å²) in [4.78, 5) is 25.3. The van der Waals surface area contributed by atoms with Crippen LogP contribution in [-0.2, 0) is 0 Å². The second-order valence-electron chi connectivity index (χ2n) is 5.23. The van der Waals surface area contributed by atoms with Crippen molar-refractivity contribution in [3.8, 4) is 11.5 Å². The Morgan fingerprint density at radius 2 is 1.88 bits per heavy atom. The van der Waals surface area contributed by atoms with Crippen LogP contribution in [0, 0.1) is 0 Å². The van der Waals surface area contributed by atoms with Gasteiger partial charge in [-0.25, -0.2) is 0 Å². The molecule has 0 fully saturated rings. The van der Waals surface area contributed by atoms with Crippen LogP contribution in [-0.4, -0.2) is 25.5 Å². The number of thiophene rings is 1. The van der Waals surface area contributed by atoms with Crippen LogP contribution >= 0.6 is 11.3 Å². The number of carbonyl (C=O) groups is 2. The first kappa shape index (κ1) is 17.0. The van der Waals surface area contributed by atoms with Crippen molar-refractivity contribution in [2.75, 3.05) is 13.7 Å². The fraction of sp³-hybridized carbons (Fsp3) is 0.158. The van der Waals surface area contributed by atoms with Crippen molar-refractivity contribution in [3.63, 3.8) is 0 Å². The Morgan fingerprint density at radius 3 is 2.64 bits per heavy atom. The topological polar surface area (TPSA) is 64.6 Å². The van der Waals surface area contributed by atoms with Gasteiger partial charge in [-0.15, -0.1) is 11.3 Å². The Morgan fingerprint density at radius 1 is 1.08 bits per heavy atom. The van der Waals surface area contributed by atoms with E-state index in [9.17, 15) is 9.59 Å². The molecule has 1 aromatic heterocycles. The maximum absolute atomic E-state index is 12.4. The van der Waals surface area contributed by atoms with Crippen LogP contribution in [0.3, 0.4) is 0 Å². The van der Waals surface area contributed by atoms with Gasteiger partial charge in [0.1, 0.15) is 11.5 Å². The first-order chi connectivity index (χ1) is 12.1. The molecule has 0 spiro atoms. The number of hydrogen-bond donors (Lipinski definition) is 1. The van der Waals surface area contributed by atoms with Gasteiger partial charge < -0.3 is 9.47 Å². The van der Waals surface area contributed by atoms with Gasteiger partial charge in [0, 0.05) is 4.70 Å². The number of hydrogen-bond acceptors (Lipinski definition) is 5. The van der Waals surface area contributed by atoms with Crippen LogP contribution in [0.25, 0.3) is 10.1 Å². The SMILES string of the molecule is CCOc1ccccc1C(=O)NC(=O)c1cc2cc(OC)ccc2s1. The third-order valence-corrected chi connectivity index (χ3v) is 4.72. The molecule has 0 aliphatic heterocycles. The number of imide groups is 1. The lowest BCUT2D eigenvalue weighted by Crippen LogP contribution is -2.30. The molecule has 0 saturated heterocycles. The Kier molecular flexibility index (Phi) is 5.00. The fourth-order valence-electron chi connectivity index (χ4n) is 2.43. The molecule has 128 valence electrons. The predicted octanol–water partition coefficient (Wildman–Crippen LogP) is 3.88. The van der Waals surface area contributed by atoms with E-state index in [2.05, 4.69) is 5.32 Å². The van der Waals surface area contributed by atoms with E-state index < -0.39 is 11.8 Å². The van der Waals surface area contributed by atoms with Crippen molar-refractivity contribution >= 4 is 33.2 Å². The number of rotatable bonds is 5. The van der Waals surface area contributed by atoms with E-state index in [-0.39, 0.29) is 0 Å². The monoisotopic (exact) mass is 355 g/mol. The van der Waals surface area contributed by atoms with E-state index in [0.29, 0.717) is 22.8 Å². The molecule has 0 aliphatic carbocycles. The highest BCUT2D eigenvalue weighted by atomic mass is 32.1. The van der Waals surface area contributed by atoms with Crippen LogP contribution in [0.5, 0.6) is 11.5 Å². The van der Waals surface area contributed by atoms with Crippen LogP contribution in [0.1, 0.15) is 27.0 Å². The summed E-state index contributed by atoms with van der Waals surface area (Å²) in [6.45, 7) is 2.28. The predicted molar refractivity (Wildman–Crippen MR) is 97.8 cm³/mol. The van der Waals surface area contributed by atoms with E-state index in [1.807, 2.05) is 25.1 Å². The summed E-state index contributed by atoms with van der Waals surface area (Å²) in [6.07, 6.45) is 0. The minimum Gasteiger partial charge on any atom is -0.497 e. The summed E-state index contributed by atoms with van der Waals surface area (Å²) < 4.78 is 11.6. The van der Waals surface area contributed by atoms with Gasteiger partial charge in [0.15, 0.2) is 0 Å². The van der Waals surface area contributed by atoms with Crippen molar-refractivity contribution in [2.24, 2.45) is 0 Å². The molecule has 25 heavy (non-hydrogen) atoms. The molecule has 1 N–H and O–H groups in total. The molecular weight excluding hydrogens is 338 g/mol. The van der Waals surface area contributed by atoms with E-state index in [4.69, 9.17) is 9.47 Å². The van der Waals surface area contributed by atoms with Gasteiger partial charge in [0.2, 0.25) is 0 Å². The molecular formula is C19H17NO4S. The van der Waals surface area contributed by atoms with Crippen LogP contribution in [0.15, 0.2) is 48.5 Å². The van der Waals surface area contributed by atoms with Crippen molar-refractivity contribution in [2.45, 2.75) is 6.92 Å². The van der Waals surface area contributed by atoms with Gasteiger partial charge in [-0.05, 0) is 48.7 Å². The molecule has 0 unspecified atom stereocenters. The summed E-state index contributed by atoms with van der Waals surface area (Å²) in [6, 6.07) is 14.2. The second-order valence-corrected chi connectivity index (χ2v) is 6.31. The lowest BCUT2D eigenvalue weighted by atomic mass is 10.2. The molecule has 0 radical (unpaired) electrons. The number of amides is 2. The van der Waals surface area contributed by atoms with Crippen molar-refractivity contribution in [3.05, 3.63) is 59.0 Å². The minimum atomic E-state index is -0.482. The Balaban J connectivity index is 1.81. The number of nitrogens with one attached hydrogen (secondary N) is 1. The number of benzene rings is 2. The third-order valence-electron chi connectivity index (χ3n) is 3.61. The number of para-hydroxylation sites is 1. The van der Waals surface area contributed by atoms with Crippen LogP contribution in [0.2, 0.25) is 0 Å². The maximum Gasteiger partial charge on any atom is 0.268 e. The highest BCUT2D eigenvalue weighted by Crippen LogP contribution is 2.29. The van der Waals surface area contributed by atoms with Crippen molar-refractivity contribution < 1.29 is 19.1 Å². The van der Waals surface area contributed by atoms with E-state index in [0.717, 1.165) is 15.8 Å². The Labute approximate surface area is 149 Å². The third kappa shape index (κ3) is 3.64. The van der Waals surface area contributed by atoms with E-state index in [1.165, 1.54) is 11.3 Å². The number of fused-ring (bicyclic) bond motifs is 1. The summed E-state index contributed by atoms with van der Waals surface area (Å²) in [5.41, 5.74) is 0.334. The van der Waals surface area contributed by atoms with Gasteiger partial charge in [0.05, 0.1) is 24.2 Å². The quantitative estimate of drug-likeness (QED) is 0.706. The molecule has 6 heteroatoms. The Bertz CT molecular complexity index is 932. The zero-order chi connectivity index (χ0) is 17.8. The van der Waals surface area contributed by atoms with Gasteiger partial charge in [-0.2, -0.15) is 0 Å². The zero-order valence-corrected chi connectivity index (χ0v) is 14.7. The smallest absolute Gasteiger partial charge is 0.268 e. The normalized spacial score (nSPS) is 10.5. The van der Waals surface area contributed by atoms with Gasteiger partial charge in [-0.1, -0.05) is 12.1 Å². The van der Waals surface area contributed by atoms with Crippen LogP contribution < -0.4 is 14.8 Å². The lowest BCUT2D eigenvalue weighted by Gasteiger charge is -2.09. The van der Waals surface area contributed by atoms with Crippen molar-refractivity contribution in [1.29, 1.82) is 0 Å². The van der Waals surface area contributed by atoms with Crippen LogP contribution in [0.4, 0.5) is 0 Å². The van der Waals surface area contributed by atoms with E-state index >= 15 is 0 Å². The number of methoxy groups -OCH3 is 1. The number of carbonyl (C=O) groups excluding carboxylic acids is 2. The average molecular weight is 355 g/mol. The summed E-state index contributed by atoms with van der Waals surface area (Å²) in [5.74, 6) is 0.260. The summed E-state index contributed by atoms with van der Waals surface area (Å²) in [5, 5.41) is 3.32. The molecule has 0 bridgehead atoms. The first-order valence-corrected chi connectivity index (χ1v) is 8.59. The molecule has 3 rings (SSSR count). The molecule has 0 aliphatic rings. The average Bonchev–Trinajstić information content (AvgIpc) is 3.05. The molecule has 3 aromatic rings. The second kappa shape index (κ2) is 7.36. The molecule has 1 heterocycles. The summed E-state index contributed by atoms with van der Waals surface area (Å²) in [7, 11) is 1.59. The summed E-state index contributed by atoms with van der Waals surface area (Å²) >= 11 is 1.33. The fourth-order valence-corrected chi connectivity index (χ4v) is 3.37. The first-order valence-electron chi connectivity index (χ1n) is 7.77. The molecule has 2 amide bonds. The lowest BCUT2D eigenvalue weighted by molar-refractivity contribution is 0.0850. The molecule has 0 atom stereocenters. The van der Waals surface area contributed by atoms with Gasteiger partial charge >= 0.3 is 0 Å². The molecule has 5 nitrogen and oxygen atoms in total. The highest BCUT2D eigenvalue weighted by Gasteiger charge is 2.17. The molecule has 0 saturated carbocycles. The minimum absolute atomic E-state index is 0.334. The zero-order valence-electron chi connectivity index (χ0n) is 13.9. The standard InChI is InChI=1S/C19H17NO4S/c1-3-24-15-7-5-4-6-14(15)18(21)20-19(22)17-11-12-10-13(23-2)8-9-16(12)25-17/h4-11H,3H2,1-2H3,(H,20,21,22). The van der Waals surface area contributed by atoms with Crippen molar-refractivity contribution in [1.82, 2.24) is 5.32 Å².